The van der Waals surface area contributed by atoms with E-state index in [1.807, 2.05) is 6.07 Å². The van der Waals surface area contributed by atoms with Crippen LogP contribution in [0.4, 0.5) is 5.13 Å². The van der Waals surface area contributed by atoms with E-state index >= 15 is 0 Å². The average molecular weight is 341 g/mol. The van der Waals surface area contributed by atoms with Crippen LogP contribution in [0, 0.1) is 0 Å². The molecule has 4 nitrogen and oxygen atoms in total. The van der Waals surface area contributed by atoms with Gasteiger partial charge in [0, 0.05) is 12.5 Å². The Morgan fingerprint density at radius 2 is 1.92 bits per heavy atom. The molecule has 0 fully saturated rings. The van der Waals surface area contributed by atoms with Crippen LogP contribution in [-0.2, 0) is 0 Å². The number of fused-ring (bicyclic) bond motifs is 1. The Hall–Kier alpha value is -2.14. The normalized spacial score (nSPS) is 12.3. The molecule has 1 N–H and O–H groups in total. The van der Waals surface area contributed by atoms with Crippen LogP contribution in [0.5, 0.6) is 5.75 Å². The summed E-state index contributed by atoms with van der Waals surface area (Å²) in [5, 5.41) is 16.3. The van der Waals surface area contributed by atoms with Crippen molar-refractivity contribution < 1.29 is 4.74 Å². The van der Waals surface area contributed by atoms with Crippen LogP contribution < -0.4 is 10.1 Å². The molecule has 3 rings (SSSR count). The molecule has 0 bridgehead atoms. The van der Waals surface area contributed by atoms with E-state index in [1.54, 1.807) is 18.4 Å². The molecular weight excluding hydrogens is 318 g/mol. The first-order chi connectivity index (χ1) is 11.7. The number of methoxy groups -OCH3 is 1. The Balaban J connectivity index is 1.79. The van der Waals surface area contributed by atoms with Crippen molar-refractivity contribution in [2.24, 2.45) is 0 Å². The van der Waals surface area contributed by atoms with Crippen molar-refractivity contribution >= 4 is 27.2 Å². The molecule has 24 heavy (non-hydrogen) atoms. The second kappa shape index (κ2) is 7.62. The number of aromatic nitrogens is 2. The number of hydrogen-bond donors (Lipinski definition) is 1. The minimum Gasteiger partial charge on any atom is -0.497 e. The van der Waals surface area contributed by atoms with Crippen molar-refractivity contribution in [1.82, 2.24) is 10.2 Å². The molecule has 1 unspecified atom stereocenters. The predicted octanol–water partition coefficient (Wildman–Crippen LogP) is 5.06. The fourth-order valence-corrected chi connectivity index (χ4v) is 3.48. The number of nitrogens with one attached hydrogen (secondary N) is 1. The maximum Gasteiger partial charge on any atom is 0.205 e. The van der Waals surface area contributed by atoms with Crippen LogP contribution >= 0.6 is 11.3 Å². The van der Waals surface area contributed by atoms with Gasteiger partial charge in [-0.25, -0.2) is 0 Å². The van der Waals surface area contributed by atoms with Gasteiger partial charge in [0.25, 0.3) is 0 Å². The van der Waals surface area contributed by atoms with E-state index < -0.39 is 0 Å². The lowest BCUT2D eigenvalue weighted by Crippen LogP contribution is -1.99. The maximum absolute atomic E-state index is 5.29. The van der Waals surface area contributed by atoms with E-state index in [-0.39, 0.29) is 5.92 Å². The summed E-state index contributed by atoms with van der Waals surface area (Å²) in [6.07, 6.45) is 2.33. The number of anilines is 1. The highest BCUT2D eigenvalue weighted by Gasteiger charge is 2.14. The van der Waals surface area contributed by atoms with Gasteiger partial charge in [0.05, 0.1) is 7.11 Å². The van der Waals surface area contributed by atoms with Crippen molar-refractivity contribution in [3.63, 3.8) is 0 Å². The van der Waals surface area contributed by atoms with E-state index in [0.29, 0.717) is 0 Å². The van der Waals surface area contributed by atoms with Crippen LogP contribution in [-0.4, -0.2) is 23.9 Å². The number of nitrogens with zero attached hydrogens (tertiary/aromatic N) is 2. The largest absolute Gasteiger partial charge is 0.497 e. The Bertz CT molecular complexity index is 815. The first kappa shape index (κ1) is 16.7. The fraction of sp³-hybridized carbons (Fsp3) is 0.368. The minimum absolute atomic E-state index is 0.232. The summed E-state index contributed by atoms with van der Waals surface area (Å²) in [4.78, 5) is 0. The van der Waals surface area contributed by atoms with Crippen molar-refractivity contribution in [1.29, 1.82) is 0 Å². The number of hydrogen-bond acceptors (Lipinski definition) is 5. The van der Waals surface area contributed by atoms with Gasteiger partial charge in [-0.2, -0.15) is 0 Å². The maximum atomic E-state index is 5.29. The topological polar surface area (TPSA) is 47.0 Å². The van der Waals surface area contributed by atoms with Gasteiger partial charge in [0.1, 0.15) is 10.8 Å². The van der Waals surface area contributed by atoms with Crippen LogP contribution in [0.1, 0.15) is 43.2 Å². The molecule has 5 heteroatoms. The third-order valence-electron chi connectivity index (χ3n) is 4.19. The van der Waals surface area contributed by atoms with E-state index in [2.05, 4.69) is 59.7 Å². The molecule has 0 saturated heterocycles. The van der Waals surface area contributed by atoms with E-state index in [9.17, 15) is 0 Å². The van der Waals surface area contributed by atoms with Crippen molar-refractivity contribution in [3.8, 4) is 5.75 Å². The zero-order valence-corrected chi connectivity index (χ0v) is 15.2. The Kier molecular flexibility index (Phi) is 5.30. The summed E-state index contributed by atoms with van der Waals surface area (Å²) < 4.78 is 5.29. The van der Waals surface area contributed by atoms with Crippen LogP contribution in [0.3, 0.4) is 0 Å². The van der Waals surface area contributed by atoms with Gasteiger partial charge in [-0.15, -0.1) is 10.2 Å². The zero-order chi connectivity index (χ0) is 16.9. The third kappa shape index (κ3) is 3.67. The average Bonchev–Trinajstić information content (AvgIpc) is 3.09. The van der Waals surface area contributed by atoms with E-state index in [0.717, 1.165) is 28.9 Å². The van der Waals surface area contributed by atoms with Crippen molar-refractivity contribution in [2.75, 3.05) is 19.0 Å². The van der Waals surface area contributed by atoms with Gasteiger partial charge >= 0.3 is 0 Å². The smallest absolute Gasteiger partial charge is 0.205 e. The number of unbranched alkanes of at least 4 members (excludes halogenated alkanes) is 1. The van der Waals surface area contributed by atoms with Crippen LogP contribution in [0.2, 0.25) is 0 Å². The van der Waals surface area contributed by atoms with Gasteiger partial charge in [-0.1, -0.05) is 55.9 Å². The summed E-state index contributed by atoms with van der Waals surface area (Å²) in [5.41, 5.74) is 1.25. The lowest BCUT2D eigenvalue weighted by molar-refractivity contribution is 0.415. The number of rotatable bonds is 7. The Morgan fingerprint density at radius 1 is 1.12 bits per heavy atom. The predicted molar refractivity (Wildman–Crippen MR) is 101 cm³/mol. The van der Waals surface area contributed by atoms with E-state index in [1.165, 1.54) is 22.8 Å². The summed E-state index contributed by atoms with van der Waals surface area (Å²) in [7, 11) is 1.69. The second-order valence-corrected chi connectivity index (χ2v) is 6.93. The first-order valence-corrected chi connectivity index (χ1v) is 9.18. The highest BCUT2D eigenvalue weighted by Crippen LogP contribution is 2.31. The molecule has 0 saturated carbocycles. The quantitative estimate of drug-likeness (QED) is 0.610. The monoisotopic (exact) mass is 341 g/mol. The molecule has 1 aromatic heterocycles. The SMILES string of the molecule is CCCCNc1nnc(C(C)c2ccc3cc(OC)ccc3c2)s1. The van der Waals surface area contributed by atoms with Crippen molar-refractivity contribution in [2.45, 2.75) is 32.6 Å². The molecule has 3 aromatic rings. The van der Waals surface area contributed by atoms with Crippen LogP contribution in [0.15, 0.2) is 36.4 Å². The zero-order valence-electron chi connectivity index (χ0n) is 14.4. The van der Waals surface area contributed by atoms with E-state index in [4.69, 9.17) is 4.74 Å². The Morgan fingerprint density at radius 3 is 2.71 bits per heavy atom. The minimum atomic E-state index is 0.232. The molecule has 2 aromatic carbocycles. The van der Waals surface area contributed by atoms with Crippen molar-refractivity contribution in [3.05, 3.63) is 47.0 Å². The van der Waals surface area contributed by atoms with Gasteiger partial charge < -0.3 is 10.1 Å². The number of benzene rings is 2. The molecule has 126 valence electrons. The first-order valence-electron chi connectivity index (χ1n) is 8.36. The molecule has 0 radical (unpaired) electrons. The van der Waals surface area contributed by atoms with Gasteiger partial charge in [0.15, 0.2) is 0 Å². The summed E-state index contributed by atoms with van der Waals surface area (Å²) >= 11 is 1.64. The second-order valence-electron chi connectivity index (χ2n) is 5.92. The molecule has 1 heterocycles. The molecule has 0 aliphatic heterocycles. The highest BCUT2D eigenvalue weighted by molar-refractivity contribution is 7.15. The molecule has 1 atom stereocenters. The standard InChI is InChI=1S/C19H23N3OS/c1-4-5-10-20-19-22-21-18(24-19)13(2)14-6-7-16-12-17(23-3)9-8-15(16)11-14/h6-9,11-13H,4-5,10H2,1-3H3,(H,20,22). The lowest BCUT2D eigenvalue weighted by Gasteiger charge is -2.10. The highest BCUT2D eigenvalue weighted by atomic mass is 32.1. The van der Waals surface area contributed by atoms with Crippen LogP contribution in [0.25, 0.3) is 10.8 Å². The third-order valence-corrected chi connectivity index (χ3v) is 5.25. The molecular formula is C19H23N3OS. The molecule has 0 aliphatic rings. The van der Waals surface area contributed by atoms with Gasteiger partial charge in [-0.3, -0.25) is 0 Å². The molecule has 0 aliphatic carbocycles. The fourth-order valence-electron chi connectivity index (χ4n) is 2.63. The lowest BCUT2D eigenvalue weighted by atomic mass is 9.98. The molecule has 0 amide bonds. The van der Waals surface area contributed by atoms with Gasteiger partial charge in [0.2, 0.25) is 5.13 Å². The molecule has 0 spiro atoms. The summed E-state index contributed by atoms with van der Waals surface area (Å²) in [6.45, 7) is 5.32. The number of ether oxygens (including phenoxy) is 1. The Labute approximate surface area is 146 Å². The summed E-state index contributed by atoms with van der Waals surface area (Å²) in [6, 6.07) is 12.7. The van der Waals surface area contributed by atoms with Gasteiger partial charge in [-0.05, 0) is 34.9 Å². The summed E-state index contributed by atoms with van der Waals surface area (Å²) in [5.74, 6) is 1.12.